The predicted octanol–water partition coefficient (Wildman–Crippen LogP) is 7.02. The molecule has 1 aromatic heterocycles. The third-order valence-electron chi connectivity index (χ3n) is 12.3. The number of benzene rings is 3. The number of nitriles is 1. The molecule has 2 aliphatic heterocycles. The lowest BCUT2D eigenvalue weighted by Crippen LogP contribution is -2.58. The van der Waals surface area contributed by atoms with Crippen molar-refractivity contribution in [2.75, 3.05) is 49.4 Å². The molecule has 0 bridgehead atoms. The lowest BCUT2D eigenvalue weighted by atomic mass is 9.85. The molecule has 380 valence electrons. The van der Waals surface area contributed by atoms with Gasteiger partial charge in [0.1, 0.15) is 30.0 Å². The Morgan fingerprint density at radius 1 is 0.915 bits per heavy atom. The zero-order valence-corrected chi connectivity index (χ0v) is 41.5. The van der Waals surface area contributed by atoms with Gasteiger partial charge in [-0.3, -0.25) is 24.1 Å². The van der Waals surface area contributed by atoms with Crippen LogP contribution in [0.3, 0.4) is 0 Å². The first-order valence-electron chi connectivity index (χ1n) is 23.5. The van der Waals surface area contributed by atoms with Crippen LogP contribution in [0.25, 0.3) is 5.69 Å². The number of unbranched alkanes of at least 4 members (excludes halogenated alkanes) is 2. The number of ether oxygens (including phenoxy) is 3. The number of nitrogens with zero attached hydrogens (tertiary/aromatic N) is 6. The van der Waals surface area contributed by atoms with E-state index in [4.69, 9.17) is 26.4 Å². The smallest absolute Gasteiger partial charge is 0.417 e. The number of aromatic nitrogens is 2. The molecule has 3 heterocycles. The Kier molecular flexibility index (Phi) is 17.6. The SMILES string of the molecule is CC(NC(=O)[C@@H]1C[C@@H](O)CN1C(=O)C(NC(=O)COCCCOCCCCCOc1ccc(N2C(=S)N(c3ccc(C#N)c(C(F)(F)F)c3)C(=O)C2(C)C)cc1)C(C)(C)C)c1ccc(-n2ccnc2)cc1. The molecule has 2 saturated heterocycles. The number of likely N-dealkylation sites (tertiary alicyclic amines) is 1. The van der Waals surface area contributed by atoms with E-state index < -0.39 is 70.1 Å². The van der Waals surface area contributed by atoms with E-state index in [0.717, 1.165) is 47.5 Å². The molecule has 16 nitrogen and oxygen atoms in total. The first-order chi connectivity index (χ1) is 33.6. The van der Waals surface area contributed by atoms with E-state index in [1.807, 2.05) is 62.7 Å². The van der Waals surface area contributed by atoms with Crippen LogP contribution in [0.1, 0.15) is 96.4 Å². The van der Waals surface area contributed by atoms with Crippen molar-refractivity contribution in [3.63, 3.8) is 0 Å². The van der Waals surface area contributed by atoms with Gasteiger partial charge >= 0.3 is 6.18 Å². The number of anilines is 2. The molecule has 4 aromatic rings. The highest BCUT2D eigenvalue weighted by atomic mass is 32.1. The van der Waals surface area contributed by atoms with Crippen LogP contribution in [0.2, 0.25) is 0 Å². The fourth-order valence-electron chi connectivity index (χ4n) is 8.42. The van der Waals surface area contributed by atoms with Crippen LogP contribution < -0.4 is 25.2 Å². The molecule has 0 spiro atoms. The van der Waals surface area contributed by atoms with Gasteiger partial charge in [0.2, 0.25) is 17.7 Å². The number of rotatable bonds is 21. The Balaban J connectivity index is 0.856. The van der Waals surface area contributed by atoms with Crippen molar-refractivity contribution in [3.05, 3.63) is 102 Å². The van der Waals surface area contributed by atoms with Gasteiger partial charge in [-0.25, -0.2) is 4.98 Å². The zero-order chi connectivity index (χ0) is 51.7. The van der Waals surface area contributed by atoms with Crippen LogP contribution in [-0.4, -0.2) is 112 Å². The Labute approximate surface area is 417 Å². The minimum Gasteiger partial charge on any atom is -0.494 e. The summed E-state index contributed by atoms with van der Waals surface area (Å²) in [6.45, 7) is 11.9. The number of thiocarbonyl (C=S) groups is 1. The van der Waals surface area contributed by atoms with Gasteiger partial charge in [0, 0.05) is 56.6 Å². The quantitative estimate of drug-likeness (QED) is 0.0572. The fourth-order valence-corrected chi connectivity index (χ4v) is 8.94. The first-order valence-corrected chi connectivity index (χ1v) is 23.9. The summed E-state index contributed by atoms with van der Waals surface area (Å²) in [6.07, 6.45) is 2.52. The lowest BCUT2D eigenvalue weighted by molar-refractivity contribution is -0.144. The van der Waals surface area contributed by atoms with Crippen LogP contribution in [0, 0.1) is 16.7 Å². The minimum atomic E-state index is -4.80. The van der Waals surface area contributed by atoms with E-state index in [0.29, 0.717) is 37.7 Å². The van der Waals surface area contributed by atoms with Gasteiger partial charge in [0.15, 0.2) is 5.11 Å². The van der Waals surface area contributed by atoms with Gasteiger partial charge < -0.3 is 44.3 Å². The third-order valence-corrected chi connectivity index (χ3v) is 12.7. The van der Waals surface area contributed by atoms with Crippen molar-refractivity contribution in [1.29, 1.82) is 5.26 Å². The Morgan fingerprint density at radius 3 is 2.21 bits per heavy atom. The van der Waals surface area contributed by atoms with Crippen molar-refractivity contribution < 1.29 is 51.7 Å². The number of carbonyl (C=O) groups excluding carboxylic acids is 4. The normalized spacial score (nSPS) is 17.8. The number of hydrogen-bond acceptors (Lipinski definition) is 11. The average Bonchev–Trinajstić information content (AvgIpc) is 4.05. The summed E-state index contributed by atoms with van der Waals surface area (Å²) < 4.78 is 60.2. The molecule has 0 saturated carbocycles. The van der Waals surface area contributed by atoms with E-state index in [2.05, 4.69) is 15.6 Å². The summed E-state index contributed by atoms with van der Waals surface area (Å²) in [6, 6.07) is 16.9. The van der Waals surface area contributed by atoms with E-state index in [1.54, 1.807) is 61.6 Å². The maximum Gasteiger partial charge on any atom is 0.417 e. The largest absolute Gasteiger partial charge is 0.494 e. The maximum atomic E-state index is 14.0. The molecule has 3 N–H and O–H groups in total. The van der Waals surface area contributed by atoms with Gasteiger partial charge in [-0.1, -0.05) is 32.9 Å². The van der Waals surface area contributed by atoms with Crippen molar-refractivity contribution in [2.24, 2.45) is 5.41 Å². The molecule has 6 rings (SSSR count). The number of alkyl halides is 3. The zero-order valence-electron chi connectivity index (χ0n) is 40.7. The molecule has 4 atom stereocenters. The monoisotopic (exact) mass is 1000 g/mol. The number of carbonyl (C=O) groups is 4. The summed E-state index contributed by atoms with van der Waals surface area (Å²) in [5.41, 5.74) is -1.40. The Hall–Kier alpha value is -6.40. The first kappa shape index (κ1) is 53.9. The molecule has 20 heteroatoms. The van der Waals surface area contributed by atoms with Gasteiger partial charge in [0.05, 0.1) is 48.0 Å². The summed E-state index contributed by atoms with van der Waals surface area (Å²) in [5.74, 6) is -1.27. The van der Waals surface area contributed by atoms with Crippen LogP contribution in [-0.2, 0) is 34.8 Å². The van der Waals surface area contributed by atoms with Crippen LogP contribution >= 0.6 is 12.2 Å². The standard InChI is InChI=1S/C51H61F3N8O8S/c1-33(34-11-14-36(15-12-34)59-22-21-56-32-59)57-45(65)42-28-39(63)30-60(42)46(66)44(49(2,3)4)58-43(64)31-69-25-10-24-68-23-8-7-9-26-70-40-19-17-37(18-20-40)62-48(71)61(47(67)50(62,5)6)38-16-13-35(29-55)41(27-38)51(52,53)54/h11-22,27,32-33,39,42,44,63H,7-10,23-26,28,30-31H2,1-6H3,(H,57,65)(H,58,64)/t33?,39-,42+,44?/m1/s1. The summed E-state index contributed by atoms with van der Waals surface area (Å²) >= 11 is 5.62. The Morgan fingerprint density at radius 2 is 1.56 bits per heavy atom. The molecule has 0 radical (unpaired) electrons. The lowest BCUT2D eigenvalue weighted by Gasteiger charge is -2.35. The number of amides is 4. The number of β-amino-alcohol motifs (C(OH)–C–C–N with tert-alkyl or cyclic N) is 1. The molecular formula is C51H61F3N8O8S. The summed E-state index contributed by atoms with van der Waals surface area (Å²) in [7, 11) is 0. The molecule has 2 unspecified atom stereocenters. The van der Waals surface area contributed by atoms with E-state index in [1.165, 1.54) is 11.0 Å². The fraction of sp³-hybridized carbons (Fsp3) is 0.471. The van der Waals surface area contributed by atoms with Crippen molar-refractivity contribution in [2.45, 2.75) is 110 Å². The molecular weight excluding hydrogens is 942 g/mol. The number of hydrogen-bond donors (Lipinski definition) is 3. The second-order valence-corrected chi connectivity index (χ2v) is 19.5. The minimum absolute atomic E-state index is 0.0000679. The van der Waals surface area contributed by atoms with Crippen LogP contribution in [0.15, 0.2) is 85.5 Å². The average molecular weight is 1000 g/mol. The van der Waals surface area contributed by atoms with Gasteiger partial charge in [-0.15, -0.1) is 0 Å². The molecule has 4 amide bonds. The number of imidazole rings is 1. The molecule has 71 heavy (non-hydrogen) atoms. The topological polar surface area (TPSA) is 192 Å². The number of halogens is 3. The molecule has 2 fully saturated rings. The molecule has 3 aromatic carbocycles. The number of aliphatic hydroxyl groups is 1. The summed E-state index contributed by atoms with van der Waals surface area (Å²) in [4.78, 5) is 62.2. The highest BCUT2D eigenvalue weighted by Gasteiger charge is 2.51. The third kappa shape index (κ3) is 13.3. The summed E-state index contributed by atoms with van der Waals surface area (Å²) in [5, 5.41) is 25.6. The second-order valence-electron chi connectivity index (χ2n) is 19.1. The maximum absolute atomic E-state index is 14.0. The Bertz CT molecular complexity index is 2550. The number of nitrogens with one attached hydrogen (secondary N) is 2. The van der Waals surface area contributed by atoms with Gasteiger partial charge in [-0.2, -0.15) is 18.4 Å². The van der Waals surface area contributed by atoms with E-state index >= 15 is 0 Å². The highest BCUT2D eigenvalue weighted by Crippen LogP contribution is 2.40. The molecule has 0 aliphatic carbocycles. The second kappa shape index (κ2) is 23.2. The number of aliphatic hydroxyl groups excluding tert-OH is 1. The predicted molar refractivity (Wildman–Crippen MR) is 262 cm³/mol. The van der Waals surface area contributed by atoms with Crippen molar-refractivity contribution >= 4 is 52.3 Å². The van der Waals surface area contributed by atoms with Gasteiger partial charge in [0.25, 0.3) is 5.91 Å². The van der Waals surface area contributed by atoms with Crippen LogP contribution in [0.5, 0.6) is 5.75 Å². The van der Waals surface area contributed by atoms with Crippen LogP contribution in [0.4, 0.5) is 24.5 Å². The van der Waals surface area contributed by atoms with Crippen molar-refractivity contribution in [1.82, 2.24) is 25.1 Å². The van der Waals surface area contributed by atoms with Gasteiger partial charge in [-0.05, 0) is 124 Å². The van der Waals surface area contributed by atoms with E-state index in [9.17, 15) is 42.7 Å². The van der Waals surface area contributed by atoms with E-state index in [-0.39, 0.29) is 43.0 Å². The van der Waals surface area contributed by atoms with Crippen molar-refractivity contribution in [3.8, 4) is 17.5 Å². The highest BCUT2D eigenvalue weighted by molar-refractivity contribution is 7.81. The molecule has 2 aliphatic rings.